The first-order valence-electron chi connectivity index (χ1n) is 6.30. The molecule has 0 saturated carbocycles. The fourth-order valence-electron chi connectivity index (χ4n) is 2.17. The van der Waals surface area contributed by atoms with E-state index in [2.05, 4.69) is 5.32 Å². The van der Waals surface area contributed by atoms with Gasteiger partial charge in [0.25, 0.3) is 5.91 Å². The van der Waals surface area contributed by atoms with E-state index in [4.69, 9.17) is 0 Å². The Bertz CT molecular complexity index is 431. The normalized spacial score (nSPS) is 16.7. The van der Waals surface area contributed by atoms with Crippen molar-refractivity contribution < 1.29 is 9.59 Å². The average molecular weight is 246 g/mol. The van der Waals surface area contributed by atoms with E-state index >= 15 is 0 Å². The van der Waals surface area contributed by atoms with E-state index in [1.54, 1.807) is 12.1 Å². The molecule has 1 unspecified atom stereocenters. The predicted molar refractivity (Wildman–Crippen MR) is 69.2 cm³/mol. The van der Waals surface area contributed by atoms with Gasteiger partial charge in [-0.2, -0.15) is 0 Å². The molecule has 4 nitrogen and oxygen atoms in total. The molecule has 1 aliphatic rings. The lowest BCUT2D eigenvalue weighted by atomic mass is 10.2. The molecule has 1 aromatic rings. The number of benzene rings is 1. The molecule has 0 aromatic heterocycles. The van der Waals surface area contributed by atoms with Gasteiger partial charge in [0.2, 0.25) is 5.91 Å². The highest BCUT2D eigenvalue weighted by molar-refractivity contribution is 5.94. The second kappa shape index (κ2) is 5.67. The minimum atomic E-state index is -0.0882. The number of carbonyl (C=O) groups is 2. The van der Waals surface area contributed by atoms with Crippen LogP contribution in [0.25, 0.3) is 0 Å². The van der Waals surface area contributed by atoms with Crippen LogP contribution in [-0.2, 0) is 4.79 Å². The third kappa shape index (κ3) is 3.09. The number of nitrogens with one attached hydrogen (secondary N) is 1. The number of hydrogen-bond donors (Lipinski definition) is 1. The quantitative estimate of drug-likeness (QED) is 0.873. The highest BCUT2D eigenvalue weighted by Gasteiger charge is 2.22. The maximum Gasteiger partial charge on any atom is 0.251 e. The topological polar surface area (TPSA) is 49.4 Å². The molecule has 1 aromatic carbocycles. The van der Waals surface area contributed by atoms with E-state index in [1.807, 2.05) is 30.0 Å². The Balaban J connectivity index is 1.86. The summed E-state index contributed by atoms with van der Waals surface area (Å²) >= 11 is 0. The van der Waals surface area contributed by atoms with Crippen molar-refractivity contribution in [1.29, 1.82) is 0 Å². The van der Waals surface area contributed by atoms with Crippen LogP contribution in [0.2, 0.25) is 0 Å². The molecule has 1 fully saturated rings. The summed E-state index contributed by atoms with van der Waals surface area (Å²) in [5.41, 5.74) is 0.650. The molecule has 1 saturated heterocycles. The fourth-order valence-corrected chi connectivity index (χ4v) is 2.17. The fraction of sp³-hybridized carbons (Fsp3) is 0.429. The summed E-state index contributed by atoms with van der Waals surface area (Å²) in [5.74, 6) is 0.102. The Hall–Kier alpha value is -1.84. The van der Waals surface area contributed by atoms with Crippen molar-refractivity contribution >= 4 is 11.8 Å². The Kier molecular flexibility index (Phi) is 3.97. The Labute approximate surface area is 107 Å². The van der Waals surface area contributed by atoms with Gasteiger partial charge in [0.05, 0.1) is 0 Å². The lowest BCUT2D eigenvalue weighted by Gasteiger charge is -2.21. The largest absolute Gasteiger partial charge is 0.348 e. The van der Waals surface area contributed by atoms with Gasteiger partial charge in [-0.15, -0.1) is 0 Å². The molecule has 0 aliphatic carbocycles. The minimum absolute atomic E-state index is 0.0280. The van der Waals surface area contributed by atoms with Crippen molar-refractivity contribution in [2.24, 2.45) is 0 Å². The maximum absolute atomic E-state index is 11.9. The van der Waals surface area contributed by atoms with Crippen LogP contribution in [0.3, 0.4) is 0 Å². The van der Waals surface area contributed by atoms with Gasteiger partial charge >= 0.3 is 0 Å². The summed E-state index contributed by atoms with van der Waals surface area (Å²) in [4.78, 5) is 25.2. The molecule has 1 N–H and O–H groups in total. The monoisotopic (exact) mass is 246 g/mol. The van der Waals surface area contributed by atoms with Crippen LogP contribution in [0.5, 0.6) is 0 Å². The molecule has 0 spiro atoms. The molecule has 1 atom stereocenters. The van der Waals surface area contributed by atoms with E-state index in [0.29, 0.717) is 18.5 Å². The van der Waals surface area contributed by atoms with Gasteiger partial charge in [-0.1, -0.05) is 18.2 Å². The standard InChI is InChI=1S/C14H18N2O2/c1-11(10-16-9-5-8-13(16)17)15-14(18)12-6-3-2-4-7-12/h2-4,6-7,11H,5,8-10H2,1H3,(H,15,18). The van der Waals surface area contributed by atoms with Crippen LogP contribution in [0, 0.1) is 0 Å². The van der Waals surface area contributed by atoms with Crippen LogP contribution in [0.4, 0.5) is 0 Å². The number of nitrogens with zero attached hydrogens (tertiary/aromatic N) is 1. The first kappa shape index (κ1) is 12.6. The summed E-state index contributed by atoms with van der Waals surface area (Å²) in [6.45, 7) is 3.33. The number of rotatable bonds is 4. The van der Waals surface area contributed by atoms with Crippen LogP contribution in [0.1, 0.15) is 30.1 Å². The van der Waals surface area contributed by atoms with Gasteiger partial charge < -0.3 is 10.2 Å². The van der Waals surface area contributed by atoms with Gasteiger partial charge in [0.1, 0.15) is 0 Å². The van der Waals surface area contributed by atoms with Gasteiger partial charge in [0.15, 0.2) is 0 Å². The molecular weight excluding hydrogens is 228 g/mol. The molecule has 0 bridgehead atoms. The van der Waals surface area contributed by atoms with Crippen LogP contribution < -0.4 is 5.32 Å². The van der Waals surface area contributed by atoms with Crippen LogP contribution in [-0.4, -0.2) is 35.8 Å². The summed E-state index contributed by atoms with van der Waals surface area (Å²) < 4.78 is 0. The molecule has 18 heavy (non-hydrogen) atoms. The molecule has 1 heterocycles. The summed E-state index contributed by atoms with van der Waals surface area (Å²) in [7, 11) is 0. The van der Waals surface area contributed by atoms with Gasteiger partial charge in [-0.3, -0.25) is 9.59 Å². The van der Waals surface area contributed by atoms with E-state index in [1.165, 1.54) is 0 Å². The van der Waals surface area contributed by atoms with Crippen LogP contribution >= 0.6 is 0 Å². The highest BCUT2D eigenvalue weighted by Crippen LogP contribution is 2.10. The van der Waals surface area contributed by atoms with Crippen molar-refractivity contribution in [3.05, 3.63) is 35.9 Å². The smallest absolute Gasteiger partial charge is 0.251 e. The summed E-state index contributed by atoms with van der Waals surface area (Å²) in [6, 6.07) is 9.09. The van der Waals surface area contributed by atoms with Crippen molar-refractivity contribution in [3.8, 4) is 0 Å². The van der Waals surface area contributed by atoms with E-state index in [0.717, 1.165) is 13.0 Å². The third-order valence-electron chi connectivity index (χ3n) is 3.08. The highest BCUT2D eigenvalue weighted by atomic mass is 16.2. The minimum Gasteiger partial charge on any atom is -0.348 e. The molecule has 96 valence electrons. The lowest BCUT2D eigenvalue weighted by molar-refractivity contribution is -0.127. The molecule has 2 rings (SSSR count). The predicted octanol–water partition coefficient (Wildman–Crippen LogP) is 1.43. The lowest BCUT2D eigenvalue weighted by Crippen LogP contribution is -2.42. The molecule has 0 radical (unpaired) electrons. The number of hydrogen-bond acceptors (Lipinski definition) is 2. The second-order valence-electron chi connectivity index (χ2n) is 4.68. The van der Waals surface area contributed by atoms with E-state index < -0.39 is 0 Å². The summed E-state index contributed by atoms with van der Waals surface area (Å²) in [6.07, 6.45) is 1.57. The van der Waals surface area contributed by atoms with Gasteiger partial charge in [-0.25, -0.2) is 0 Å². The van der Waals surface area contributed by atoms with Gasteiger partial charge in [0, 0.05) is 31.1 Å². The zero-order valence-corrected chi connectivity index (χ0v) is 10.6. The van der Waals surface area contributed by atoms with Crippen molar-refractivity contribution in [1.82, 2.24) is 10.2 Å². The Morgan fingerprint density at radius 3 is 2.72 bits per heavy atom. The Morgan fingerprint density at radius 1 is 1.39 bits per heavy atom. The van der Waals surface area contributed by atoms with E-state index in [-0.39, 0.29) is 17.9 Å². The second-order valence-corrected chi connectivity index (χ2v) is 4.68. The first-order chi connectivity index (χ1) is 8.66. The number of amides is 2. The van der Waals surface area contributed by atoms with Gasteiger partial charge in [-0.05, 0) is 25.5 Å². The third-order valence-corrected chi connectivity index (χ3v) is 3.08. The zero-order chi connectivity index (χ0) is 13.0. The van der Waals surface area contributed by atoms with Crippen molar-refractivity contribution in [2.75, 3.05) is 13.1 Å². The molecule has 4 heteroatoms. The van der Waals surface area contributed by atoms with Crippen LogP contribution in [0.15, 0.2) is 30.3 Å². The Morgan fingerprint density at radius 2 is 2.11 bits per heavy atom. The average Bonchev–Trinajstić information content (AvgIpc) is 2.76. The molecule has 1 aliphatic heterocycles. The van der Waals surface area contributed by atoms with E-state index in [9.17, 15) is 9.59 Å². The van der Waals surface area contributed by atoms with Crippen molar-refractivity contribution in [2.45, 2.75) is 25.8 Å². The van der Waals surface area contributed by atoms with Crippen molar-refractivity contribution in [3.63, 3.8) is 0 Å². The number of likely N-dealkylation sites (tertiary alicyclic amines) is 1. The number of carbonyl (C=O) groups excluding carboxylic acids is 2. The summed E-state index contributed by atoms with van der Waals surface area (Å²) in [5, 5.41) is 2.91. The SMILES string of the molecule is CC(CN1CCCC1=O)NC(=O)c1ccccc1. The zero-order valence-electron chi connectivity index (χ0n) is 10.6. The molecule has 2 amide bonds. The maximum atomic E-state index is 11.9. The molecular formula is C14H18N2O2. The first-order valence-corrected chi connectivity index (χ1v) is 6.30.